The first-order valence-corrected chi connectivity index (χ1v) is 11.0. The van der Waals surface area contributed by atoms with Gasteiger partial charge in [-0.1, -0.05) is 48.0 Å². The Bertz CT molecular complexity index is 857. The highest BCUT2D eigenvalue weighted by molar-refractivity contribution is 5.94. The number of nitrogens with one attached hydrogen (secondary N) is 4. The molecule has 0 bridgehead atoms. The zero-order valence-corrected chi connectivity index (χ0v) is 17.6. The summed E-state index contributed by atoms with van der Waals surface area (Å²) >= 11 is 0. The van der Waals surface area contributed by atoms with Gasteiger partial charge < -0.3 is 20.4 Å². The van der Waals surface area contributed by atoms with Crippen molar-refractivity contribution in [2.75, 3.05) is 38.0 Å². The van der Waals surface area contributed by atoms with Gasteiger partial charge in [0.1, 0.15) is 26.2 Å². The van der Waals surface area contributed by atoms with Crippen molar-refractivity contribution in [3.05, 3.63) is 65.7 Å². The Labute approximate surface area is 178 Å². The molecule has 2 aromatic rings. The zero-order valence-electron chi connectivity index (χ0n) is 17.6. The van der Waals surface area contributed by atoms with Gasteiger partial charge in [-0.05, 0) is 31.9 Å². The van der Waals surface area contributed by atoms with Crippen LogP contribution < -0.4 is 20.4 Å². The summed E-state index contributed by atoms with van der Waals surface area (Å²) in [6, 6.07) is 18.1. The maximum Gasteiger partial charge on any atom is 0.287 e. The fourth-order valence-corrected chi connectivity index (χ4v) is 4.19. The van der Waals surface area contributed by atoms with E-state index in [4.69, 9.17) is 0 Å². The molecular formula is C24H32N4O2+2. The SMILES string of the molecule is Cc1ccc(NC(=O)[C@H](c2ccccc2)[NH+]2CC[NH+](CC(=O)NC3CC3)CC2)cc1. The van der Waals surface area contributed by atoms with Crippen LogP contribution in [0, 0.1) is 6.92 Å². The van der Waals surface area contributed by atoms with Crippen LogP contribution in [-0.4, -0.2) is 50.6 Å². The maximum absolute atomic E-state index is 13.3. The van der Waals surface area contributed by atoms with Crippen LogP contribution in [0.4, 0.5) is 5.69 Å². The second-order valence-electron chi connectivity index (χ2n) is 8.63. The number of carbonyl (C=O) groups is 2. The second-order valence-corrected chi connectivity index (χ2v) is 8.63. The molecule has 2 amide bonds. The number of carbonyl (C=O) groups excluding carboxylic acids is 2. The number of rotatable bonds is 7. The van der Waals surface area contributed by atoms with Gasteiger partial charge in [-0.3, -0.25) is 9.59 Å². The largest absolute Gasteiger partial charge is 0.348 e. The lowest BCUT2D eigenvalue weighted by Gasteiger charge is -2.34. The number of aryl methyl sites for hydroxylation is 1. The number of quaternary nitrogens is 2. The summed E-state index contributed by atoms with van der Waals surface area (Å²) in [6.45, 7) is 6.10. The van der Waals surface area contributed by atoms with Crippen molar-refractivity contribution in [2.45, 2.75) is 31.8 Å². The summed E-state index contributed by atoms with van der Waals surface area (Å²) in [4.78, 5) is 28.0. The summed E-state index contributed by atoms with van der Waals surface area (Å²) in [5.41, 5.74) is 3.03. The van der Waals surface area contributed by atoms with E-state index in [1.165, 1.54) is 15.4 Å². The van der Waals surface area contributed by atoms with Crippen LogP contribution in [0.5, 0.6) is 0 Å². The van der Waals surface area contributed by atoms with Gasteiger partial charge in [0.25, 0.3) is 11.8 Å². The standard InChI is InChI=1S/C24H30N4O2/c1-18-7-9-21(10-8-18)26-24(30)23(19-5-3-2-4-6-19)28-15-13-27(14-16-28)17-22(29)25-20-11-12-20/h2-10,20,23H,11-17H2,1H3,(H,25,29)(H,26,30)/p+2/t23-/m0/s1. The average molecular weight is 409 g/mol. The van der Waals surface area contributed by atoms with Gasteiger partial charge in [0.2, 0.25) is 0 Å². The molecule has 0 spiro atoms. The van der Waals surface area contributed by atoms with Crippen LogP contribution in [-0.2, 0) is 9.59 Å². The minimum atomic E-state index is -0.255. The van der Waals surface area contributed by atoms with E-state index in [0.717, 1.165) is 50.3 Å². The van der Waals surface area contributed by atoms with Gasteiger partial charge >= 0.3 is 0 Å². The lowest BCUT2D eigenvalue weighted by atomic mass is 10.0. The van der Waals surface area contributed by atoms with Gasteiger partial charge in [-0.25, -0.2) is 0 Å². The summed E-state index contributed by atoms with van der Waals surface area (Å²) in [5, 5.41) is 6.19. The fourth-order valence-electron chi connectivity index (χ4n) is 4.19. The van der Waals surface area contributed by atoms with E-state index in [9.17, 15) is 9.59 Å². The smallest absolute Gasteiger partial charge is 0.287 e. The molecule has 6 heteroatoms. The summed E-state index contributed by atoms with van der Waals surface area (Å²) in [5.74, 6) is 0.183. The number of piperazine rings is 1. The molecule has 4 rings (SSSR count). The molecule has 2 aliphatic rings. The average Bonchev–Trinajstić information content (AvgIpc) is 3.56. The molecule has 0 radical (unpaired) electrons. The van der Waals surface area contributed by atoms with Crippen LogP contribution in [0.25, 0.3) is 0 Å². The van der Waals surface area contributed by atoms with E-state index < -0.39 is 0 Å². The Morgan fingerprint density at radius 2 is 1.63 bits per heavy atom. The lowest BCUT2D eigenvalue weighted by molar-refractivity contribution is -1.02. The number of amides is 2. The highest BCUT2D eigenvalue weighted by Crippen LogP contribution is 2.18. The Morgan fingerprint density at radius 3 is 2.27 bits per heavy atom. The topological polar surface area (TPSA) is 67.1 Å². The number of hydrogen-bond acceptors (Lipinski definition) is 2. The molecule has 1 saturated carbocycles. The van der Waals surface area contributed by atoms with Crippen molar-refractivity contribution < 1.29 is 19.4 Å². The predicted molar refractivity (Wildman–Crippen MR) is 116 cm³/mol. The van der Waals surface area contributed by atoms with E-state index in [0.29, 0.717) is 12.6 Å². The summed E-state index contributed by atoms with van der Waals surface area (Å²) in [6.07, 6.45) is 2.24. The molecule has 4 N–H and O–H groups in total. The van der Waals surface area contributed by atoms with Crippen molar-refractivity contribution in [2.24, 2.45) is 0 Å². The molecular weight excluding hydrogens is 376 g/mol. The quantitative estimate of drug-likeness (QED) is 0.510. The molecule has 158 valence electrons. The highest BCUT2D eigenvalue weighted by atomic mass is 16.2. The van der Waals surface area contributed by atoms with Gasteiger partial charge in [0, 0.05) is 17.3 Å². The van der Waals surface area contributed by atoms with Crippen molar-refractivity contribution in [1.29, 1.82) is 0 Å². The van der Waals surface area contributed by atoms with Crippen LogP contribution in [0.15, 0.2) is 54.6 Å². The lowest BCUT2D eigenvalue weighted by Crippen LogP contribution is -3.28. The van der Waals surface area contributed by atoms with Crippen molar-refractivity contribution in [1.82, 2.24) is 5.32 Å². The summed E-state index contributed by atoms with van der Waals surface area (Å²) in [7, 11) is 0. The molecule has 1 aliphatic carbocycles. The Hall–Kier alpha value is -2.70. The van der Waals surface area contributed by atoms with Gasteiger partial charge in [-0.2, -0.15) is 0 Å². The van der Waals surface area contributed by atoms with Crippen LogP contribution in [0.2, 0.25) is 0 Å². The molecule has 0 unspecified atom stereocenters. The van der Waals surface area contributed by atoms with Crippen molar-refractivity contribution in [3.63, 3.8) is 0 Å². The Kier molecular flexibility index (Phi) is 6.45. The number of anilines is 1. The molecule has 1 aliphatic heterocycles. The van der Waals surface area contributed by atoms with Crippen molar-refractivity contribution in [3.8, 4) is 0 Å². The normalized spacial score (nSPS) is 22.2. The molecule has 1 heterocycles. The molecule has 30 heavy (non-hydrogen) atoms. The number of benzene rings is 2. The first kappa shape index (κ1) is 20.6. The predicted octanol–water partition coefficient (Wildman–Crippen LogP) is -0.263. The summed E-state index contributed by atoms with van der Waals surface area (Å²) < 4.78 is 0. The molecule has 2 fully saturated rings. The van der Waals surface area contributed by atoms with Crippen LogP contribution in [0.3, 0.4) is 0 Å². The van der Waals surface area contributed by atoms with Gasteiger partial charge in [0.05, 0.1) is 0 Å². The van der Waals surface area contributed by atoms with E-state index in [1.54, 1.807) is 0 Å². The van der Waals surface area contributed by atoms with Crippen molar-refractivity contribution >= 4 is 17.5 Å². The minimum absolute atomic E-state index is 0.0231. The fraction of sp³-hybridized carbons (Fsp3) is 0.417. The third-order valence-corrected chi connectivity index (χ3v) is 6.07. The molecule has 0 aromatic heterocycles. The van der Waals surface area contributed by atoms with Gasteiger partial charge in [0.15, 0.2) is 12.6 Å². The Balaban J connectivity index is 1.40. The third kappa shape index (κ3) is 5.46. The maximum atomic E-state index is 13.3. The minimum Gasteiger partial charge on any atom is -0.348 e. The highest BCUT2D eigenvalue weighted by Gasteiger charge is 2.36. The monoisotopic (exact) mass is 408 g/mol. The van der Waals surface area contributed by atoms with Crippen LogP contribution >= 0.6 is 0 Å². The van der Waals surface area contributed by atoms with Gasteiger partial charge in [-0.15, -0.1) is 0 Å². The Morgan fingerprint density at radius 1 is 0.967 bits per heavy atom. The first-order chi connectivity index (χ1) is 14.6. The van der Waals surface area contributed by atoms with E-state index in [-0.39, 0.29) is 17.9 Å². The molecule has 2 aromatic carbocycles. The number of hydrogen-bond donors (Lipinski definition) is 4. The van der Waals surface area contributed by atoms with E-state index in [2.05, 4.69) is 10.6 Å². The third-order valence-electron chi connectivity index (χ3n) is 6.07. The first-order valence-electron chi connectivity index (χ1n) is 11.0. The molecule has 1 atom stereocenters. The van der Waals surface area contributed by atoms with E-state index >= 15 is 0 Å². The molecule has 1 saturated heterocycles. The van der Waals surface area contributed by atoms with Crippen LogP contribution in [0.1, 0.15) is 30.0 Å². The second kappa shape index (κ2) is 9.41. The van der Waals surface area contributed by atoms with E-state index in [1.807, 2.05) is 61.5 Å². The zero-order chi connectivity index (χ0) is 20.9. The molecule has 6 nitrogen and oxygen atoms in total.